The fourth-order valence-corrected chi connectivity index (χ4v) is 4.48. The molecule has 0 aliphatic heterocycles. The molecule has 3 aromatic carbocycles. The van der Waals surface area contributed by atoms with E-state index in [9.17, 15) is 19.8 Å². The molecule has 1 aliphatic rings. The Morgan fingerprint density at radius 2 is 1.50 bits per heavy atom. The molecule has 0 saturated carbocycles. The number of phenolic OH excluding ortho intramolecular Hbond substituents is 1. The Labute approximate surface area is 186 Å². The van der Waals surface area contributed by atoms with Gasteiger partial charge in [-0.2, -0.15) is 0 Å². The normalized spacial score (nSPS) is 13.2. The second-order valence-electron chi connectivity index (χ2n) is 8.12. The number of ether oxygens (including phenoxy) is 1. The van der Waals surface area contributed by atoms with Gasteiger partial charge in [0.1, 0.15) is 18.4 Å². The molecule has 1 atom stereocenters. The maximum atomic E-state index is 12.5. The average molecular weight is 431 g/mol. The highest BCUT2D eigenvalue weighted by Crippen LogP contribution is 2.44. The van der Waals surface area contributed by atoms with Crippen LogP contribution in [0.4, 0.5) is 4.79 Å². The van der Waals surface area contributed by atoms with Crippen LogP contribution in [0.25, 0.3) is 11.1 Å². The first-order valence-corrected chi connectivity index (χ1v) is 10.5. The summed E-state index contributed by atoms with van der Waals surface area (Å²) < 4.78 is 5.48. The van der Waals surface area contributed by atoms with Crippen LogP contribution in [-0.4, -0.2) is 34.9 Å². The van der Waals surface area contributed by atoms with Gasteiger partial charge in [0.2, 0.25) is 0 Å². The summed E-state index contributed by atoms with van der Waals surface area (Å²) in [6, 6.07) is 18.0. The fraction of sp³-hybridized carbons (Fsp3) is 0.231. The number of aliphatic carboxylic acids is 1. The summed E-state index contributed by atoms with van der Waals surface area (Å²) in [7, 11) is 0. The van der Waals surface area contributed by atoms with E-state index in [-0.39, 0.29) is 24.7 Å². The quantitative estimate of drug-likeness (QED) is 0.532. The first-order chi connectivity index (χ1) is 15.3. The first-order valence-electron chi connectivity index (χ1n) is 10.5. The Kier molecular flexibility index (Phi) is 5.86. The van der Waals surface area contributed by atoms with Gasteiger partial charge in [0.25, 0.3) is 0 Å². The van der Waals surface area contributed by atoms with Gasteiger partial charge >= 0.3 is 12.1 Å². The van der Waals surface area contributed by atoms with Crippen LogP contribution in [-0.2, 0) is 16.0 Å². The molecule has 0 bridgehead atoms. The number of amides is 1. The zero-order chi connectivity index (χ0) is 22.8. The molecule has 0 fully saturated rings. The zero-order valence-electron chi connectivity index (χ0n) is 18.0. The van der Waals surface area contributed by atoms with E-state index in [1.165, 1.54) is 0 Å². The summed E-state index contributed by atoms with van der Waals surface area (Å²) in [5, 5.41) is 21.8. The molecule has 3 aromatic rings. The summed E-state index contributed by atoms with van der Waals surface area (Å²) in [4.78, 5) is 24.3. The molecule has 6 nitrogen and oxygen atoms in total. The van der Waals surface area contributed by atoms with Crippen molar-refractivity contribution < 1.29 is 24.5 Å². The number of nitrogens with one attached hydrogen (secondary N) is 1. The molecule has 32 heavy (non-hydrogen) atoms. The largest absolute Gasteiger partial charge is 0.508 e. The lowest BCUT2D eigenvalue weighted by atomic mass is 9.96. The number of carboxylic acid groups (broad SMARTS) is 1. The number of carboxylic acids is 1. The highest BCUT2D eigenvalue weighted by molar-refractivity contribution is 5.81. The van der Waals surface area contributed by atoms with E-state index in [2.05, 4.69) is 17.4 Å². The number of phenols is 1. The van der Waals surface area contributed by atoms with E-state index in [0.29, 0.717) is 0 Å². The Bertz CT molecular complexity index is 1120. The average Bonchev–Trinajstić information content (AvgIpc) is 3.07. The van der Waals surface area contributed by atoms with Crippen molar-refractivity contribution in [3.63, 3.8) is 0 Å². The van der Waals surface area contributed by atoms with E-state index >= 15 is 0 Å². The predicted molar refractivity (Wildman–Crippen MR) is 121 cm³/mol. The summed E-state index contributed by atoms with van der Waals surface area (Å²) in [5.74, 6) is -1.12. The van der Waals surface area contributed by atoms with Gasteiger partial charge in [0.15, 0.2) is 0 Å². The number of carbonyl (C=O) groups is 2. The molecule has 1 amide bonds. The van der Waals surface area contributed by atoms with Crippen molar-refractivity contribution in [1.82, 2.24) is 5.32 Å². The van der Waals surface area contributed by atoms with Crippen molar-refractivity contribution in [3.8, 4) is 16.9 Å². The summed E-state index contributed by atoms with van der Waals surface area (Å²) in [6.07, 6.45) is -0.675. The second kappa shape index (κ2) is 8.75. The second-order valence-corrected chi connectivity index (χ2v) is 8.12. The molecule has 4 rings (SSSR count). The molecular weight excluding hydrogens is 406 g/mol. The molecule has 6 heteroatoms. The van der Waals surface area contributed by atoms with Crippen LogP contribution in [0.1, 0.15) is 33.7 Å². The predicted octanol–water partition coefficient (Wildman–Crippen LogP) is 4.54. The Morgan fingerprint density at radius 1 is 0.969 bits per heavy atom. The molecule has 1 unspecified atom stereocenters. The highest BCUT2D eigenvalue weighted by atomic mass is 16.5. The Hall–Kier alpha value is -3.80. The molecular formula is C26H25NO5. The van der Waals surface area contributed by atoms with Crippen molar-refractivity contribution in [2.45, 2.75) is 32.2 Å². The van der Waals surface area contributed by atoms with Gasteiger partial charge in [-0.1, -0.05) is 48.5 Å². The third kappa shape index (κ3) is 4.17. The maximum Gasteiger partial charge on any atom is 0.407 e. The van der Waals surface area contributed by atoms with Crippen molar-refractivity contribution >= 4 is 12.1 Å². The number of fused-ring (bicyclic) bond motifs is 3. The number of alkyl carbamates (subject to hydrolysis) is 1. The fourth-order valence-electron chi connectivity index (χ4n) is 4.48. The van der Waals surface area contributed by atoms with Gasteiger partial charge in [0, 0.05) is 12.3 Å². The van der Waals surface area contributed by atoms with Crippen LogP contribution in [0.2, 0.25) is 0 Å². The van der Waals surface area contributed by atoms with Gasteiger partial charge in [-0.15, -0.1) is 0 Å². The number of aryl methyl sites for hydroxylation is 2. The van der Waals surface area contributed by atoms with Crippen LogP contribution in [0, 0.1) is 13.8 Å². The molecule has 0 saturated heterocycles. The minimum atomic E-state index is -1.15. The number of carbonyl (C=O) groups excluding carboxylic acids is 1. The van der Waals surface area contributed by atoms with Crippen molar-refractivity contribution in [1.29, 1.82) is 0 Å². The zero-order valence-corrected chi connectivity index (χ0v) is 18.0. The van der Waals surface area contributed by atoms with Crippen LogP contribution < -0.4 is 5.32 Å². The summed E-state index contributed by atoms with van der Waals surface area (Å²) in [6.45, 7) is 3.71. The van der Waals surface area contributed by atoms with Crippen LogP contribution in [0.15, 0.2) is 60.7 Å². The molecule has 3 N–H and O–H groups in total. The topological polar surface area (TPSA) is 95.9 Å². The van der Waals surface area contributed by atoms with E-state index < -0.39 is 18.1 Å². The number of hydrogen-bond donors (Lipinski definition) is 3. The monoisotopic (exact) mass is 431 g/mol. The third-order valence-corrected chi connectivity index (χ3v) is 6.02. The lowest BCUT2D eigenvalue weighted by molar-refractivity contribution is -0.139. The summed E-state index contributed by atoms with van der Waals surface area (Å²) >= 11 is 0. The van der Waals surface area contributed by atoms with Crippen molar-refractivity contribution in [2.75, 3.05) is 6.61 Å². The summed E-state index contributed by atoms with van der Waals surface area (Å²) in [5.41, 5.74) is 6.73. The van der Waals surface area contributed by atoms with E-state index in [0.717, 1.165) is 38.9 Å². The van der Waals surface area contributed by atoms with Gasteiger partial charge in [-0.05, 0) is 64.9 Å². The van der Waals surface area contributed by atoms with Gasteiger partial charge in [-0.25, -0.2) is 9.59 Å². The number of aromatic hydroxyl groups is 1. The number of benzene rings is 3. The molecule has 0 radical (unpaired) electrons. The standard InChI is InChI=1S/C26H25NO5/c1-15-11-17(28)12-16(2)22(15)13-24(25(29)30)27-26(31)32-14-23-20-9-5-3-7-18(20)19-8-4-6-10-21(19)23/h3-12,23-24,28H,13-14H2,1-2H3,(H,27,31)(H,29,30). The SMILES string of the molecule is Cc1cc(O)cc(C)c1CC(NC(=O)OCC1c2ccccc2-c2ccccc21)C(=O)O. The van der Waals surface area contributed by atoms with Crippen LogP contribution >= 0.6 is 0 Å². The van der Waals surface area contributed by atoms with Gasteiger partial charge < -0.3 is 20.3 Å². The van der Waals surface area contributed by atoms with Crippen LogP contribution in [0.5, 0.6) is 5.75 Å². The van der Waals surface area contributed by atoms with Gasteiger partial charge in [-0.3, -0.25) is 0 Å². The minimum Gasteiger partial charge on any atom is -0.508 e. The number of hydrogen-bond acceptors (Lipinski definition) is 4. The van der Waals surface area contributed by atoms with Crippen molar-refractivity contribution in [2.24, 2.45) is 0 Å². The molecule has 164 valence electrons. The van der Waals surface area contributed by atoms with E-state index in [1.54, 1.807) is 26.0 Å². The molecule has 0 aromatic heterocycles. The van der Waals surface area contributed by atoms with E-state index in [4.69, 9.17) is 4.74 Å². The van der Waals surface area contributed by atoms with E-state index in [1.807, 2.05) is 36.4 Å². The highest BCUT2D eigenvalue weighted by Gasteiger charge is 2.30. The molecule has 1 aliphatic carbocycles. The molecule has 0 spiro atoms. The maximum absolute atomic E-state index is 12.5. The Morgan fingerprint density at radius 3 is 2.03 bits per heavy atom. The van der Waals surface area contributed by atoms with Crippen molar-refractivity contribution in [3.05, 3.63) is 88.5 Å². The Balaban J connectivity index is 1.46. The van der Waals surface area contributed by atoms with Crippen LogP contribution in [0.3, 0.4) is 0 Å². The van der Waals surface area contributed by atoms with Gasteiger partial charge in [0.05, 0.1) is 0 Å². The number of rotatable bonds is 6. The first kappa shape index (κ1) is 21.4. The lowest BCUT2D eigenvalue weighted by Gasteiger charge is -2.19. The minimum absolute atomic E-state index is 0.0947. The third-order valence-electron chi connectivity index (χ3n) is 6.02. The lowest BCUT2D eigenvalue weighted by Crippen LogP contribution is -2.43. The smallest absolute Gasteiger partial charge is 0.407 e. The molecule has 0 heterocycles.